The second kappa shape index (κ2) is 6.41. The van der Waals surface area contributed by atoms with Crippen molar-refractivity contribution in [1.82, 2.24) is 4.90 Å². The summed E-state index contributed by atoms with van der Waals surface area (Å²) in [6, 6.07) is 7.52. The van der Waals surface area contributed by atoms with Crippen LogP contribution in [0, 0.1) is 5.92 Å². The maximum absolute atomic E-state index is 9.53. The number of rotatable bonds is 5. The van der Waals surface area contributed by atoms with E-state index in [4.69, 9.17) is 16.3 Å². The summed E-state index contributed by atoms with van der Waals surface area (Å²) in [7, 11) is 0. The van der Waals surface area contributed by atoms with Crippen LogP contribution in [-0.2, 0) is 0 Å². The maximum Gasteiger partial charge on any atom is 0.137 e. The smallest absolute Gasteiger partial charge is 0.137 e. The first-order valence-corrected chi connectivity index (χ1v) is 6.82. The highest BCUT2D eigenvalue weighted by Crippen LogP contribution is 2.23. The molecule has 1 fully saturated rings. The van der Waals surface area contributed by atoms with Crippen LogP contribution in [0.4, 0.5) is 0 Å². The third kappa shape index (κ3) is 3.61. The van der Waals surface area contributed by atoms with Gasteiger partial charge in [-0.2, -0.15) is 0 Å². The van der Waals surface area contributed by atoms with Crippen LogP contribution in [0.2, 0.25) is 5.02 Å². The van der Waals surface area contributed by atoms with Crippen molar-refractivity contribution in [2.24, 2.45) is 5.92 Å². The predicted molar refractivity (Wildman–Crippen MR) is 73.2 cm³/mol. The molecule has 1 heterocycles. The number of benzene rings is 1. The largest absolute Gasteiger partial charge is 0.491 e. The molecule has 2 rings (SSSR count). The van der Waals surface area contributed by atoms with Gasteiger partial charge in [-0.1, -0.05) is 23.7 Å². The molecule has 0 saturated carbocycles. The Kier molecular flexibility index (Phi) is 4.87. The quantitative estimate of drug-likeness (QED) is 0.891. The first kappa shape index (κ1) is 13.7. The van der Waals surface area contributed by atoms with Gasteiger partial charge >= 0.3 is 0 Å². The highest BCUT2D eigenvalue weighted by molar-refractivity contribution is 6.32. The van der Waals surface area contributed by atoms with E-state index in [9.17, 15) is 5.11 Å². The second-order valence-electron chi connectivity index (χ2n) is 4.87. The van der Waals surface area contributed by atoms with Crippen molar-refractivity contribution < 1.29 is 9.84 Å². The normalized spacial score (nSPS) is 22.1. The van der Waals surface area contributed by atoms with Crippen molar-refractivity contribution in [3.8, 4) is 5.75 Å². The molecule has 0 aliphatic carbocycles. The van der Waals surface area contributed by atoms with Crippen molar-refractivity contribution in [2.45, 2.75) is 19.4 Å². The average Bonchev–Trinajstić information content (AvgIpc) is 2.80. The van der Waals surface area contributed by atoms with Gasteiger partial charge in [0.2, 0.25) is 0 Å². The van der Waals surface area contributed by atoms with Crippen molar-refractivity contribution in [3.63, 3.8) is 0 Å². The lowest BCUT2D eigenvalue weighted by Crippen LogP contribution is -2.28. The summed E-state index contributed by atoms with van der Waals surface area (Å²) in [4.78, 5) is 2.33. The Labute approximate surface area is 113 Å². The van der Waals surface area contributed by atoms with Crippen LogP contribution < -0.4 is 4.74 Å². The minimum absolute atomic E-state index is 0.209. The van der Waals surface area contributed by atoms with E-state index in [1.165, 1.54) is 0 Å². The van der Waals surface area contributed by atoms with Gasteiger partial charge in [0.25, 0.3) is 0 Å². The molecule has 0 radical (unpaired) electrons. The topological polar surface area (TPSA) is 32.7 Å². The summed E-state index contributed by atoms with van der Waals surface area (Å²) in [6.45, 7) is 5.39. The highest BCUT2D eigenvalue weighted by atomic mass is 35.5. The Morgan fingerprint density at radius 1 is 1.50 bits per heavy atom. The van der Waals surface area contributed by atoms with Crippen molar-refractivity contribution >= 4 is 11.6 Å². The number of aliphatic hydroxyl groups is 1. The Hall–Kier alpha value is -0.770. The summed E-state index contributed by atoms with van der Waals surface area (Å²) in [6.07, 6.45) is 0.864. The fourth-order valence-corrected chi connectivity index (χ4v) is 2.50. The molecule has 100 valence electrons. The zero-order chi connectivity index (χ0) is 13.0. The molecule has 2 atom stereocenters. The van der Waals surface area contributed by atoms with Crippen LogP contribution in [0.5, 0.6) is 5.75 Å². The number of hydrogen-bond acceptors (Lipinski definition) is 3. The van der Waals surface area contributed by atoms with Crippen LogP contribution >= 0.6 is 11.6 Å². The Balaban J connectivity index is 1.72. The SMILES string of the molecule is CC(O)C1CCN(CCOc2ccccc2Cl)C1. The van der Waals surface area contributed by atoms with Crippen LogP contribution in [-0.4, -0.2) is 42.4 Å². The lowest BCUT2D eigenvalue weighted by Gasteiger charge is -2.17. The van der Waals surface area contributed by atoms with Crippen LogP contribution in [0.15, 0.2) is 24.3 Å². The third-order valence-corrected chi connectivity index (χ3v) is 3.81. The molecular weight excluding hydrogens is 250 g/mol. The molecule has 1 saturated heterocycles. The lowest BCUT2D eigenvalue weighted by atomic mass is 10.0. The first-order valence-electron chi connectivity index (χ1n) is 6.44. The van der Waals surface area contributed by atoms with Gasteiger partial charge in [0, 0.05) is 13.1 Å². The molecule has 0 bridgehead atoms. The molecule has 0 aromatic heterocycles. The number of hydrogen-bond donors (Lipinski definition) is 1. The highest BCUT2D eigenvalue weighted by Gasteiger charge is 2.25. The summed E-state index contributed by atoms with van der Waals surface area (Å²) in [5.41, 5.74) is 0. The fourth-order valence-electron chi connectivity index (χ4n) is 2.31. The van der Waals surface area contributed by atoms with Crippen LogP contribution in [0.25, 0.3) is 0 Å². The molecule has 1 aliphatic rings. The second-order valence-corrected chi connectivity index (χ2v) is 5.28. The monoisotopic (exact) mass is 269 g/mol. The summed E-state index contributed by atoms with van der Waals surface area (Å²) >= 11 is 6.01. The van der Waals surface area contributed by atoms with E-state index in [2.05, 4.69) is 4.90 Å². The standard InChI is InChI=1S/C14H20ClNO2/c1-11(17)12-6-7-16(10-12)8-9-18-14-5-3-2-4-13(14)15/h2-5,11-12,17H,6-10H2,1H3. The molecule has 1 N–H and O–H groups in total. The Morgan fingerprint density at radius 2 is 2.28 bits per heavy atom. The molecular formula is C14H20ClNO2. The minimum Gasteiger partial charge on any atom is -0.491 e. The molecule has 1 aromatic rings. The number of para-hydroxylation sites is 1. The van der Waals surface area contributed by atoms with Gasteiger partial charge in [0.15, 0.2) is 0 Å². The predicted octanol–water partition coefficient (Wildman–Crippen LogP) is 2.42. The lowest BCUT2D eigenvalue weighted by molar-refractivity contribution is 0.125. The van der Waals surface area contributed by atoms with Gasteiger partial charge in [-0.05, 0) is 37.9 Å². The molecule has 1 aromatic carbocycles. The molecule has 1 aliphatic heterocycles. The van der Waals surface area contributed by atoms with Gasteiger partial charge in [0.1, 0.15) is 12.4 Å². The van der Waals surface area contributed by atoms with Crippen molar-refractivity contribution in [1.29, 1.82) is 0 Å². The third-order valence-electron chi connectivity index (χ3n) is 3.49. The molecule has 18 heavy (non-hydrogen) atoms. The maximum atomic E-state index is 9.53. The van der Waals surface area contributed by atoms with Crippen molar-refractivity contribution in [2.75, 3.05) is 26.2 Å². The van der Waals surface area contributed by atoms with E-state index < -0.39 is 0 Å². The summed E-state index contributed by atoms with van der Waals surface area (Å²) < 4.78 is 5.66. The van der Waals surface area contributed by atoms with E-state index in [1.807, 2.05) is 31.2 Å². The Morgan fingerprint density at radius 3 is 2.94 bits per heavy atom. The zero-order valence-corrected chi connectivity index (χ0v) is 11.4. The number of likely N-dealkylation sites (tertiary alicyclic amines) is 1. The summed E-state index contributed by atoms with van der Waals surface area (Å²) in [5, 5.41) is 10.2. The van der Waals surface area contributed by atoms with E-state index in [0.717, 1.165) is 31.8 Å². The van der Waals surface area contributed by atoms with Gasteiger partial charge < -0.3 is 9.84 Å². The van der Waals surface area contributed by atoms with Crippen molar-refractivity contribution in [3.05, 3.63) is 29.3 Å². The first-order chi connectivity index (χ1) is 8.66. The van der Waals surface area contributed by atoms with Gasteiger partial charge in [-0.3, -0.25) is 4.90 Å². The number of ether oxygens (including phenoxy) is 1. The van der Waals surface area contributed by atoms with E-state index >= 15 is 0 Å². The number of halogens is 1. The Bertz CT molecular complexity index is 384. The van der Waals surface area contributed by atoms with E-state index in [0.29, 0.717) is 17.5 Å². The van der Waals surface area contributed by atoms with Gasteiger partial charge in [-0.25, -0.2) is 0 Å². The minimum atomic E-state index is -0.209. The van der Waals surface area contributed by atoms with E-state index in [-0.39, 0.29) is 6.10 Å². The van der Waals surface area contributed by atoms with E-state index in [1.54, 1.807) is 0 Å². The molecule has 0 amide bonds. The summed E-state index contributed by atoms with van der Waals surface area (Å²) in [5.74, 6) is 1.15. The van der Waals surface area contributed by atoms with Crippen LogP contribution in [0.3, 0.4) is 0 Å². The van der Waals surface area contributed by atoms with Gasteiger partial charge in [-0.15, -0.1) is 0 Å². The molecule has 3 nitrogen and oxygen atoms in total. The fraction of sp³-hybridized carbons (Fsp3) is 0.571. The van der Waals surface area contributed by atoms with Gasteiger partial charge in [0.05, 0.1) is 11.1 Å². The number of nitrogens with zero attached hydrogens (tertiary/aromatic N) is 1. The average molecular weight is 270 g/mol. The zero-order valence-electron chi connectivity index (χ0n) is 10.7. The molecule has 2 unspecified atom stereocenters. The molecule has 0 spiro atoms. The molecule has 4 heteroatoms. The number of aliphatic hydroxyl groups excluding tert-OH is 1. The van der Waals surface area contributed by atoms with Crippen LogP contribution in [0.1, 0.15) is 13.3 Å².